The van der Waals surface area contributed by atoms with Gasteiger partial charge < -0.3 is 9.31 Å². The molecule has 2 unspecified atom stereocenters. The molecule has 5 heterocycles. The van der Waals surface area contributed by atoms with Crippen molar-refractivity contribution in [2.24, 2.45) is 11.8 Å². The van der Waals surface area contributed by atoms with E-state index in [1.54, 1.807) is 0 Å². The lowest BCUT2D eigenvalue weighted by Gasteiger charge is -2.44. The summed E-state index contributed by atoms with van der Waals surface area (Å²) in [6, 6.07) is 0.881. The van der Waals surface area contributed by atoms with E-state index in [0.29, 0.717) is 25.8 Å². The van der Waals surface area contributed by atoms with Crippen LogP contribution in [0.4, 0.5) is 0 Å². The Kier molecular flexibility index (Phi) is 3.83. The summed E-state index contributed by atoms with van der Waals surface area (Å²) in [6.07, 6.45) is 16.8. The lowest BCUT2D eigenvalue weighted by Crippen LogP contribution is -2.59. The number of ether oxygens (including phenoxy) is 1. The largest absolute Gasteiger partial charge is 0.495 e. The molecule has 0 radical (unpaired) electrons. The first-order chi connectivity index (χ1) is 10.9. The first-order valence-corrected chi connectivity index (χ1v) is 10.2. The van der Waals surface area contributed by atoms with Crippen molar-refractivity contribution in [2.75, 3.05) is 0 Å². The topological polar surface area (TPSA) is 18.5 Å². The van der Waals surface area contributed by atoms with E-state index in [1.165, 1.54) is 77.0 Å². The molecule has 5 saturated heterocycles. The van der Waals surface area contributed by atoms with E-state index in [-0.39, 0.29) is 0 Å². The molecule has 4 heteroatoms. The van der Waals surface area contributed by atoms with E-state index in [1.807, 2.05) is 0 Å². The third-order valence-corrected chi connectivity index (χ3v) is 7.73. The van der Waals surface area contributed by atoms with Crippen LogP contribution in [0.1, 0.15) is 77.0 Å². The highest BCUT2D eigenvalue weighted by Gasteiger charge is 2.56. The van der Waals surface area contributed by atoms with Crippen molar-refractivity contribution in [3.63, 3.8) is 0 Å². The molecule has 2 atom stereocenters. The maximum Gasteiger partial charge on any atom is 0.310 e. The van der Waals surface area contributed by atoms with Crippen LogP contribution in [0, 0.1) is 11.8 Å². The minimum absolute atomic E-state index is 0.440. The second kappa shape index (κ2) is 5.84. The van der Waals surface area contributed by atoms with E-state index < -0.39 is 0 Å². The summed E-state index contributed by atoms with van der Waals surface area (Å²) in [5.74, 6) is 3.17. The molecule has 22 heavy (non-hydrogen) atoms. The molecular weight excluding hydrogens is 270 g/mol. The Morgan fingerprint density at radius 1 is 0.545 bits per heavy atom. The van der Waals surface area contributed by atoms with Gasteiger partial charge in [0, 0.05) is 0 Å². The molecule has 0 amide bonds. The molecule has 0 N–H and O–H groups in total. The molecule has 120 valence electrons. The first kappa shape index (κ1) is 14.4. The quantitative estimate of drug-likeness (QED) is 0.611. The lowest BCUT2D eigenvalue weighted by molar-refractivity contribution is -0.0188. The Morgan fingerprint density at radius 2 is 0.955 bits per heavy atom. The van der Waals surface area contributed by atoms with Crippen molar-refractivity contribution >= 4 is 13.8 Å². The van der Waals surface area contributed by atoms with Gasteiger partial charge in [0.1, 0.15) is 0 Å². The van der Waals surface area contributed by atoms with Crippen LogP contribution in [0.5, 0.6) is 0 Å². The molecule has 0 aromatic heterocycles. The first-order valence-electron chi connectivity index (χ1n) is 10.2. The summed E-state index contributed by atoms with van der Waals surface area (Å²) in [4.78, 5) is 0. The zero-order valence-electron chi connectivity index (χ0n) is 13.9. The van der Waals surface area contributed by atoms with Crippen LogP contribution in [0.3, 0.4) is 0 Å². The Labute approximate surface area is 136 Å². The van der Waals surface area contributed by atoms with Crippen molar-refractivity contribution in [1.29, 1.82) is 0 Å². The highest BCUT2D eigenvalue weighted by molar-refractivity contribution is 6.70. The lowest BCUT2D eigenvalue weighted by atomic mass is 9.40. The van der Waals surface area contributed by atoms with Crippen LogP contribution in [-0.4, -0.2) is 25.8 Å². The maximum atomic E-state index is 6.96. The van der Waals surface area contributed by atoms with Crippen molar-refractivity contribution in [3.05, 3.63) is 0 Å². The monoisotopic (exact) mass is 300 g/mol. The SMILES string of the molecule is C1CC2CCCC(C1)C1OC3B(OB21)C1CCCC3CCC1. The summed E-state index contributed by atoms with van der Waals surface area (Å²) in [5.41, 5.74) is 0. The maximum absolute atomic E-state index is 6.96. The second-order valence-corrected chi connectivity index (χ2v) is 8.89. The molecule has 0 aromatic rings. The summed E-state index contributed by atoms with van der Waals surface area (Å²) < 4.78 is 13.9. The Morgan fingerprint density at radius 3 is 1.36 bits per heavy atom. The van der Waals surface area contributed by atoms with E-state index in [9.17, 15) is 0 Å². The van der Waals surface area contributed by atoms with Crippen LogP contribution in [0.25, 0.3) is 0 Å². The van der Waals surface area contributed by atoms with Gasteiger partial charge in [-0.2, -0.15) is 0 Å². The van der Waals surface area contributed by atoms with Gasteiger partial charge in [0.25, 0.3) is 0 Å². The normalized spacial score (nSPS) is 48.0. The van der Waals surface area contributed by atoms with Gasteiger partial charge in [0.2, 0.25) is 0 Å². The smallest absolute Gasteiger partial charge is 0.310 e. The predicted molar refractivity (Wildman–Crippen MR) is 91.1 cm³/mol. The highest BCUT2D eigenvalue weighted by Crippen LogP contribution is 2.50. The minimum atomic E-state index is 0.440. The molecule has 5 aliphatic rings. The fourth-order valence-corrected chi connectivity index (χ4v) is 6.65. The molecule has 0 aliphatic carbocycles. The third kappa shape index (κ3) is 2.32. The standard InChI is InChI=1S/C18H30B2O2/c1-5-13-6-2-10-15(9-1)19-17(13)21-18-14-7-3-11-16(12-4-8-14)20(18)22-19/h13-18H,1-12H2. The van der Waals surface area contributed by atoms with Gasteiger partial charge in [0.05, 0.1) is 12.0 Å². The van der Waals surface area contributed by atoms with Gasteiger partial charge in [-0.05, 0) is 49.2 Å². The van der Waals surface area contributed by atoms with E-state index >= 15 is 0 Å². The molecule has 5 fully saturated rings. The summed E-state index contributed by atoms with van der Waals surface area (Å²) in [6.45, 7) is 0.881. The summed E-state index contributed by atoms with van der Waals surface area (Å²) in [7, 11) is 0. The summed E-state index contributed by atoms with van der Waals surface area (Å²) in [5, 5.41) is 0. The molecule has 2 nitrogen and oxygen atoms in total. The van der Waals surface area contributed by atoms with Gasteiger partial charge >= 0.3 is 13.8 Å². The Balaban J connectivity index is 1.48. The van der Waals surface area contributed by atoms with Crippen molar-refractivity contribution in [3.8, 4) is 0 Å². The fraction of sp³-hybridized carbons (Fsp3) is 1.00. The van der Waals surface area contributed by atoms with Crippen LogP contribution in [-0.2, 0) is 9.31 Å². The predicted octanol–water partition coefficient (Wildman–Crippen LogP) is 4.54. The second-order valence-electron chi connectivity index (χ2n) is 8.89. The molecular formula is C18H30B2O2. The summed E-state index contributed by atoms with van der Waals surface area (Å²) >= 11 is 0. The van der Waals surface area contributed by atoms with Gasteiger partial charge in [-0.1, -0.05) is 51.4 Å². The molecule has 0 saturated carbocycles. The van der Waals surface area contributed by atoms with Crippen molar-refractivity contribution < 1.29 is 9.31 Å². The van der Waals surface area contributed by atoms with Gasteiger partial charge in [0.15, 0.2) is 0 Å². The van der Waals surface area contributed by atoms with Crippen molar-refractivity contribution in [2.45, 2.75) is 101 Å². The molecule has 4 bridgehead atoms. The molecule has 0 spiro atoms. The Hall–Kier alpha value is 0.0499. The number of hydrogen-bond donors (Lipinski definition) is 0. The van der Waals surface area contributed by atoms with Crippen LogP contribution in [0.2, 0.25) is 11.6 Å². The average Bonchev–Trinajstić information content (AvgIpc) is 2.87. The molecule has 0 aromatic carbocycles. The Bertz CT molecular complexity index is 328. The average molecular weight is 300 g/mol. The van der Waals surface area contributed by atoms with Gasteiger partial charge in [-0.25, -0.2) is 0 Å². The van der Waals surface area contributed by atoms with E-state index in [2.05, 4.69) is 0 Å². The van der Waals surface area contributed by atoms with Crippen LogP contribution in [0.15, 0.2) is 0 Å². The third-order valence-electron chi connectivity index (χ3n) is 7.73. The molecule has 5 aliphatic heterocycles. The van der Waals surface area contributed by atoms with Gasteiger partial charge in [-0.15, -0.1) is 0 Å². The number of rotatable bonds is 0. The fourth-order valence-electron chi connectivity index (χ4n) is 6.65. The zero-order valence-corrected chi connectivity index (χ0v) is 13.9. The highest BCUT2D eigenvalue weighted by atomic mass is 16.5. The zero-order chi connectivity index (χ0) is 14.5. The van der Waals surface area contributed by atoms with Crippen LogP contribution >= 0.6 is 0 Å². The van der Waals surface area contributed by atoms with Gasteiger partial charge in [-0.3, -0.25) is 0 Å². The number of hydrogen-bond acceptors (Lipinski definition) is 2. The van der Waals surface area contributed by atoms with Crippen molar-refractivity contribution in [1.82, 2.24) is 0 Å². The van der Waals surface area contributed by atoms with E-state index in [4.69, 9.17) is 9.31 Å². The van der Waals surface area contributed by atoms with E-state index in [0.717, 1.165) is 23.5 Å². The molecule has 5 rings (SSSR count). The minimum Gasteiger partial charge on any atom is -0.495 e. The van der Waals surface area contributed by atoms with Crippen LogP contribution < -0.4 is 0 Å².